The molecule has 2 rings (SSSR count). The van der Waals surface area contributed by atoms with Gasteiger partial charge in [-0.1, -0.05) is 34.1 Å². The van der Waals surface area contributed by atoms with E-state index in [1.807, 2.05) is 0 Å². The monoisotopic (exact) mass is 237 g/mol. The van der Waals surface area contributed by atoms with Gasteiger partial charge in [0, 0.05) is 17.6 Å². The summed E-state index contributed by atoms with van der Waals surface area (Å²) in [5.74, 6) is 0. The molecule has 0 bridgehead atoms. The van der Waals surface area contributed by atoms with E-state index in [-0.39, 0.29) is 0 Å². The minimum absolute atomic E-state index is 1.07. The summed E-state index contributed by atoms with van der Waals surface area (Å²) < 4.78 is 1.14. The summed E-state index contributed by atoms with van der Waals surface area (Å²) >= 11 is 3.44. The fourth-order valence-corrected chi connectivity index (χ4v) is 1.82. The van der Waals surface area contributed by atoms with Crippen molar-refractivity contribution in [3.05, 3.63) is 40.4 Å². The largest absolute Gasteiger partial charge is 0.298 e. The van der Waals surface area contributed by atoms with Crippen LogP contribution >= 0.6 is 15.9 Å². The van der Waals surface area contributed by atoms with Crippen molar-refractivity contribution in [3.8, 4) is 0 Å². The molecule has 1 heterocycles. The van der Waals surface area contributed by atoms with Crippen molar-refractivity contribution in [1.82, 2.24) is 4.90 Å². The molecule has 68 valence electrons. The van der Waals surface area contributed by atoms with Crippen LogP contribution in [0.15, 0.2) is 34.8 Å². The molecule has 1 aliphatic heterocycles. The van der Waals surface area contributed by atoms with Crippen molar-refractivity contribution in [3.63, 3.8) is 0 Å². The van der Waals surface area contributed by atoms with E-state index in [1.54, 1.807) is 0 Å². The van der Waals surface area contributed by atoms with Crippen LogP contribution in [-0.4, -0.2) is 25.0 Å². The number of nitrogens with zero attached hydrogens (tertiary/aromatic N) is 1. The van der Waals surface area contributed by atoms with E-state index in [0.29, 0.717) is 0 Å². The van der Waals surface area contributed by atoms with Gasteiger partial charge in [-0.2, -0.15) is 0 Å². The van der Waals surface area contributed by atoms with Crippen molar-refractivity contribution >= 4 is 21.5 Å². The van der Waals surface area contributed by atoms with Gasteiger partial charge >= 0.3 is 0 Å². The Morgan fingerprint density at radius 1 is 1.23 bits per heavy atom. The zero-order valence-corrected chi connectivity index (χ0v) is 9.21. The topological polar surface area (TPSA) is 3.24 Å². The van der Waals surface area contributed by atoms with E-state index in [0.717, 1.165) is 17.6 Å². The van der Waals surface area contributed by atoms with E-state index in [4.69, 9.17) is 0 Å². The lowest BCUT2D eigenvalue weighted by atomic mass is 10.1. The highest BCUT2D eigenvalue weighted by Gasteiger charge is 2.10. The molecule has 0 radical (unpaired) electrons. The molecule has 1 aliphatic rings. The van der Waals surface area contributed by atoms with E-state index < -0.39 is 0 Å². The summed E-state index contributed by atoms with van der Waals surface area (Å²) in [6.07, 6.45) is 2.29. The molecule has 0 unspecified atom stereocenters. The van der Waals surface area contributed by atoms with Crippen molar-refractivity contribution in [2.45, 2.75) is 0 Å². The zero-order valence-electron chi connectivity index (χ0n) is 7.63. The Hall–Kier alpha value is -0.600. The van der Waals surface area contributed by atoms with Crippen molar-refractivity contribution in [2.24, 2.45) is 0 Å². The van der Waals surface area contributed by atoms with Crippen molar-refractivity contribution in [1.29, 1.82) is 0 Å². The van der Waals surface area contributed by atoms with Crippen LogP contribution in [0, 0.1) is 0 Å². The molecule has 1 aromatic rings. The van der Waals surface area contributed by atoms with Crippen LogP contribution in [0.25, 0.3) is 5.57 Å². The van der Waals surface area contributed by atoms with Gasteiger partial charge in [0.25, 0.3) is 0 Å². The van der Waals surface area contributed by atoms with Crippen LogP contribution in [0.5, 0.6) is 0 Å². The van der Waals surface area contributed by atoms with Gasteiger partial charge in [-0.3, -0.25) is 4.90 Å². The van der Waals surface area contributed by atoms with Crippen LogP contribution in [0.3, 0.4) is 0 Å². The van der Waals surface area contributed by atoms with Crippen molar-refractivity contribution < 1.29 is 0 Å². The van der Waals surface area contributed by atoms with E-state index in [9.17, 15) is 0 Å². The maximum Gasteiger partial charge on any atom is 0.0237 e. The van der Waals surface area contributed by atoms with Crippen LogP contribution < -0.4 is 0 Å². The number of rotatable bonds is 1. The van der Waals surface area contributed by atoms with Crippen LogP contribution in [0.4, 0.5) is 0 Å². The number of hydrogen-bond acceptors (Lipinski definition) is 1. The molecule has 0 aliphatic carbocycles. The second-order valence-corrected chi connectivity index (χ2v) is 4.35. The molecule has 0 saturated heterocycles. The average Bonchev–Trinajstić information content (AvgIpc) is 2.53. The fraction of sp³-hybridized carbons (Fsp3) is 0.273. The zero-order chi connectivity index (χ0) is 9.26. The molecule has 0 amide bonds. The molecule has 1 nitrogen and oxygen atoms in total. The Morgan fingerprint density at radius 2 is 1.92 bits per heavy atom. The summed E-state index contributed by atoms with van der Waals surface area (Å²) in [4.78, 5) is 2.30. The fourth-order valence-electron chi connectivity index (χ4n) is 1.56. The Bertz CT molecular complexity index is 326. The third-order valence-electron chi connectivity index (χ3n) is 2.30. The molecule has 0 fully saturated rings. The lowest BCUT2D eigenvalue weighted by molar-refractivity contribution is 0.438. The molecule has 0 spiro atoms. The van der Waals surface area contributed by atoms with Gasteiger partial charge in [-0.15, -0.1) is 0 Å². The lowest BCUT2D eigenvalue weighted by Crippen LogP contribution is -2.13. The van der Waals surface area contributed by atoms with Gasteiger partial charge in [0.1, 0.15) is 0 Å². The van der Waals surface area contributed by atoms with Gasteiger partial charge in [0.2, 0.25) is 0 Å². The summed E-state index contributed by atoms with van der Waals surface area (Å²) in [7, 11) is 2.14. The summed E-state index contributed by atoms with van der Waals surface area (Å²) in [6, 6.07) is 8.51. The molecular formula is C11H12BrN. The molecular weight excluding hydrogens is 226 g/mol. The Kier molecular flexibility index (Phi) is 2.51. The molecule has 0 aromatic heterocycles. The number of likely N-dealkylation sites (N-methyl/N-ethyl adjacent to an activating group) is 1. The molecule has 13 heavy (non-hydrogen) atoms. The van der Waals surface area contributed by atoms with Crippen LogP contribution in [0.1, 0.15) is 5.56 Å². The molecule has 0 N–H and O–H groups in total. The second-order valence-electron chi connectivity index (χ2n) is 3.43. The Labute approximate surface area is 87.2 Å². The predicted octanol–water partition coefficient (Wildman–Crippen LogP) is 2.78. The van der Waals surface area contributed by atoms with E-state index in [2.05, 4.69) is 58.2 Å². The molecule has 0 saturated carbocycles. The maximum absolute atomic E-state index is 3.44. The highest BCUT2D eigenvalue weighted by molar-refractivity contribution is 9.10. The summed E-state index contributed by atoms with van der Waals surface area (Å²) in [6.45, 7) is 2.15. The van der Waals surface area contributed by atoms with Crippen molar-refractivity contribution in [2.75, 3.05) is 20.1 Å². The molecule has 0 atom stereocenters. The highest BCUT2D eigenvalue weighted by atomic mass is 79.9. The second kappa shape index (κ2) is 3.64. The maximum atomic E-state index is 3.44. The average molecular weight is 238 g/mol. The summed E-state index contributed by atoms with van der Waals surface area (Å²) in [5.41, 5.74) is 2.78. The lowest BCUT2D eigenvalue weighted by Gasteiger charge is -2.07. The van der Waals surface area contributed by atoms with E-state index in [1.165, 1.54) is 11.1 Å². The molecule has 1 aromatic carbocycles. The first-order valence-electron chi connectivity index (χ1n) is 4.39. The number of halogens is 1. The normalized spacial score (nSPS) is 17.5. The highest BCUT2D eigenvalue weighted by Crippen LogP contribution is 2.21. The SMILES string of the molecule is CN1CC=C(c2ccc(Br)cc2)C1. The quantitative estimate of drug-likeness (QED) is 0.727. The standard InChI is InChI=1S/C11H12BrN/c1-13-7-6-10(8-13)9-2-4-11(12)5-3-9/h2-6H,7-8H2,1H3. The van der Waals surface area contributed by atoms with Gasteiger partial charge in [0.15, 0.2) is 0 Å². The first-order valence-corrected chi connectivity index (χ1v) is 5.18. The third-order valence-corrected chi connectivity index (χ3v) is 2.83. The van der Waals surface area contributed by atoms with Gasteiger partial charge < -0.3 is 0 Å². The van der Waals surface area contributed by atoms with Gasteiger partial charge in [-0.25, -0.2) is 0 Å². The Balaban J connectivity index is 2.22. The van der Waals surface area contributed by atoms with E-state index >= 15 is 0 Å². The summed E-state index contributed by atoms with van der Waals surface area (Å²) in [5, 5.41) is 0. The van der Waals surface area contributed by atoms with Crippen LogP contribution in [-0.2, 0) is 0 Å². The van der Waals surface area contributed by atoms with Gasteiger partial charge in [-0.05, 0) is 30.3 Å². The number of benzene rings is 1. The molecule has 2 heteroatoms. The first-order chi connectivity index (χ1) is 6.25. The minimum Gasteiger partial charge on any atom is -0.298 e. The Morgan fingerprint density at radius 3 is 2.46 bits per heavy atom. The van der Waals surface area contributed by atoms with Crippen LogP contribution in [0.2, 0.25) is 0 Å². The van der Waals surface area contributed by atoms with Gasteiger partial charge in [0.05, 0.1) is 0 Å². The minimum atomic E-state index is 1.07. The first kappa shape index (κ1) is 8.97. The number of hydrogen-bond donors (Lipinski definition) is 0. The predicted molar refractivity (Wildman–Crippen MR) is 59.6 cm³/mol. The smallest absolute Gasteiger partial charge is 0.0237 e. The third kappa shape index (κ3) is 2.01.